The molecule has 1 rings (SSSR count). The number of rotatable bonds is 2. The second-order valence-electron chi connectivity index (χ2n) is 2.97. The lowest BCUT2D eigenvalue weighted by Crippen LogP contribution is -2.06. The van der Waals surface area contributed by atoms with Crippen molar-refractivity contribution in [3.63, 3.8) is 0 Å². The number of nitro groups is 1. The summed E-state index contributed by atoms with van der Waals surface area (Å²) in [7, 11) is 1.24. The van der Waals surface area contributed by atoms with E-state index in [1.165, 1.54) is 19.2 Å². The van der Waals surface area contributed by atoms with E-state index in [2.05, 4.69) is 4.74 Å². The molecule has 0 saturated heterocycles. The zero-order chi connectivity index (χ0) is 11.6. The van der Waals surface area contributed by atoms with Gasteiger partial charge in [-0.15, -0.1) is 0 Å². The second-order valence-corrected chi connectivity index (χ2v) is 2.97. The average Bonchev–Trinajstić information content (AvgIpc) is 2.19. The molecule has 0 unspecified atom stereocenters. The van der Waals surface area contributed by atoms with E-state index in [1.807, 2.05) is 0 Å². The van der Waals surface area contributed by atoms with Gasteiger partial charge in [-0.05, 0) is 18.6 Å². The van der Waals surface area contributed by atoms with Crippen LogP contribution in [-0.2, 0) is 4.74 Å². The molecule has 0 aromatic heterocycles. The first-order chi connectivity index (χ1) is 6.97. The Balaban J connectivity index is 3.31. The minimum atomic E-state index is -0.594. The number of anilines is 1. The van der Waals surface area contributed by atoms with Crippen molar-refractivity contribution in [3.05, 3.63) is 33.4 Å². The number of nitrogens with zero attached hydrogens (tertiary/aromatic N) is 1. The molecule has 0 aliphatic rings. The van der Waals surface area contributed by atoms with Crippen molar-refractivity contribution in [2.24, 2.45) is 0 Å². The van der Waals surface area contributed by atoms with Crippen molar-refractivity contribution in [1.82, 2.24) is 0 Å². The molecule has 15 heavy (non-hydrogen) atoms. The third-order valence-corrected chi connectivity index (χ3v) is 1.98. The van der Waals surface area contributed by atoms with Crippen molar-refractivity contribution in [1.29, 1.82) is 0 Å². The van der Waals surface area contributed by atoms with Gasteiger partial charge in [-0.2, -0.15) is 0 Å². The zero-order valence-electron chi connectivity index (χ0n) is 8.31. The van der Waals surface area contributed by atoms with Crippen LogP contribution in [0.2, 0.25) is 0 Å². The highest BCUT2D eigenvalue weighted by molar-refractivity contribution is 5.93. The molecule has 1 aromatic carbocycles. The molecule has 0 atom stereocenters. The van der Waals surface area contributed by atoms with Crippen LogP contribution in [0.25, 0.3) is 0 Å². The lowest BCUT2D eigenvalue weighted by molar-refractivity contribution is -0.383. The minimum Gasteiger partial charge on any atom is -0.465 e. The van der Waals surface area contributed by atoms with Crippen LogP contribution in [0.1, 0.15) is 15.9 Å². The molecule has 0 fully saturated rings. The first-order valence-electron chi connectivity index (χ1n) is 4.10. The van der Waals surface area contributed by atoms with Gasteiger partial charge in [-0.1, -0.05) is 0 Å². The number of aryl methyl sites for hydroxylation is 1. The maximum absolute atomic E-state index is 11.2. The summed E-state index contributed by atoms with van der Waals surface area (Å²) in [6.45, 7) is 1.58. The van der Waals surface area contributed by atoms with Crippen molar-refractivity contribution in [3.8, 4) is 0 Å². The molecule has 0 bridgehead atoms. The minimum absolute atomic E-state index is 0.0500. The van der Waals surface area contributed by atoms with Crippen molar-refractivity contribution in [2.75, 3.05) is 12.8 Å². The fourth-order valence-corrected chi connectivity index (χ4v) is 1.20. The van der Waals surface area contributed by atoms with Gasteiger partial charge in [0.1, 0.15) is 5.69 Å². The third-order valence-electron chi connectivity index (χ3n) is 1.98. The molecule has 1 aromatic rings. The molecule has 0 heterocycles. The Morgan fingerprint density at radius 3 is 2.60 bits per heavy atom. The number of methoxy groups -OCH3 is 1. The number of nitrogens with two attached hydrogens (primary N) is 1. The number of hydrogen-bond donors (Lipinski definition) is 1. The van der Waals surface area contributed by atoms with Crippen LogP contribution < -0.4 is 5.73 Å². The molecule has 80 valence electrons. The maximum Gasteiger partial charge on any atom is 0.338 e. The highest BCUT2D eigenvalue weighted by atomic mass is 16.6. The van der Waals surface area contributed by atoms with Crippen LogP contribution in [0.5, 0.6) is 0 Å². The lowest BCUT2D eigenvalue weighted by atomic mass is 10.1. The van der Waals surface area contributed by atoms with Crippen molar-refractivity contribution in [2.45, 2.75) is 6.92 Å². The Kier molecular flexibility index (Phi) is 2.89. The zero-order valence-corrected chi connectivity index (χ0v) is 8.31. The standard InChI is InChI=1S/C9H10N2O4/c1-5-3-8(11(13)14)7(10)4-6(5)9(12)15-2/h3-4H,10H2,1-2H3. The van der Waals surface area contributed by atoms with E-state index in [-0.39, 0.29) is 16.9 Å². The molecule has 0 aliphatic carbocycles. The molecule has 0 radical (unpaired) electrons. The smallest absolute Gasteiger partial charge is 0.338 e. The summed E-state index contributed by atoms with van der Waals surface area (Å²) in [6, 6.07) is 2.50. The number of esters is 1. The van der Waals surface area contributed by atoms with Crippen LogP contribution in [0, 0.1) is 17.0 Å². The number of nitrogen functional groups attached to an aromatic ring is 1. The third kappa shape index (κ3) is 2.04. The van der Waals surface area contributed by atoms with Gasteiger partial charge in [0.15, 0.2) is 0 Å². The van der Waals surface area contributed by atoms with Gasteiger partial charge in [-0.25, -0.2) is 4.79 Å². The lowest BCUT2D eigenvalue weighted by Gasteiger charge is -2.05. The van der Waals surface area contributed by atoms with E-state index in [0.717, 1.165) is 0 Å². The van der Waals surface area contributed by atoms with Gasteiger partial charge in [0.25, 0.3) is 5.69 Å². The van der Waals surface area contributed by atoms with Crippen molar-refractivity contribution >= 4 is 17.3 Å². The van der Waals surface area contributed by atoms with E-state index >= 15 is 0 Å². The first-order valence-corrected chi connectivity index (χ1v) is 4.10. The van der Waals surface area contributed by atoms with Crippen LogP contribution in [-0.4, -0.2) is 18.0 Å². The maximum atomic E-state index is 11.2. The van der Waals surface area contributed by atoms with Crippen LogP contribution in [0.4, 0.5) is 11.4 Å². The Morgan fingerprint density at radius 1 is 1.53 bits per heavy atom. The van der Waals surface area contributed by atoms with Crippen LogP contribution in [0.3, 0.4) is 0 Å². The predicted molar refractivity (Wildman–Crippen MR) is 53.6 cm³/mol. The van der Waals surface area contributed by atoms with Gasteiger partial charge in [0, 0.05) is 6.07 Å². The van der Waals surface area contributed by atoms with E-state index in [9.17, 15) is 14.9 Å². The molecule has 6 heteroatoms. The number of benzene rings is 1. The molecular formula is C9H10N2O4. The molecule has 6 nitrogen and oxygen atoms in total. The van der Waals surface area contributed by atoms with Gasteiger partial charge < -0.3 is 10.5 Å². The van der Waals surface area contributed by atoms with E-state index in [1.54, 1.807) is 6.92 Å². The second kappa shape index (κ2) is 3.95. The largest absolute Gasteiger partial charge is 0.465 e. The highest BCUT2D eigenvalue weighted by Gasteiger charge is 2.17. The van der Waals surface area contributed by atoms with E-state index < -0.39 is 10.9 Å². The number of carbonyl (C=O) groups is 1. The molecule has 0 amide bonds. The number of carbonyl (C=O) groups excluding carboxylic acids is 1. The fraction of sp³-hybridized carbons (Fsp3) is 0.222. The van der Waals surface area contributed by atoms with E-state index in [0.29, 0.717) is 5.56 Å². The Hall–Kier alpha value is -2.11. The molecular weight excluding hydrogens is 200 g/mol. The van der Waals surface area contributed by atoms with Gasteiger partial charge in [0.2, 0.25) is 0 Å². The normalized spacial score (nSPS) is 9.73. The summed E-state index contributed by atoms with van der Waals surface area (Å²) < 4.78 is 4.51. The monoisotopic (exact) mass is 210 g/mol. The number of ether oxygens (including phenoxy) is 1. The molecule has 0 saturated carbocycles. The summed E-state index contributed by atoms with van der Waals surface area (Å²) in [5.74, 6) is -0.561. The van der Waals surface area contributed by atoms with Gasteiger partial charge in [0.05, 0.1) is 17.6 Å². The topological polar surface area (TPSA) is 95.5 Å². The number of hydrogen-bond acceptors (Lipinski definition) is 5. The first kappa shape index (κ1) is 11.0. The number of nitro benzene ring substituents is 1. The highest BCUT2D eigenvalue weighted by Crippen LogP contribution is 2.25. The summed E-state index contributed by atoms with van der Waals surface area (Å²) in [5.41, 5.74) is 5.87. The van der Waals surface area contributed by atoms with Gasteiger partial charge in [-0.3, -0.25) is 10.1 Å². The molecule has 0 aliphatic heterocycles. The molecule has 2 N–H and O–H groups in total. The summed E-state index contributed by atoms with van der Waals surface area (Å²) >= 11 is 0. The SMILES string of the molecule is COC(=O)c1cc(N)c([N+](=O)[O-])cc1C. The quantitative estimate of drug-likeness (QED) is 0.343. The Labute approximate surface area is 85.8 Å². The summed E-state index contributed by atoms with van der Waals surface area (Å²) in [6.07, 6.45) is 0. The van der Waals surface area contributed by atoms with Crippen LogP contribution >= 0.6 is 0 Å². The predicted octanol–water partition coefficient (Wildman–Crippen LogP) is 1.27. The van der Waals surface area contributed by atoms with Crippen LogP contribution in [0.15, 0.2) is 12.1 Å². The summed E-state index contributed by atoms with van der Waals surface area (Å²) in [4.78, 5) is 21.2. The summed E-state index contributed by atoms with van der Waals surface area (Å²) in [5, 5.41) is 10.5. The van der Waals surface area contributed by atoms with Crippen molar-refractivity contribution < 1.29 is 14.5 Å². The average molecular weight is 210 g/mol. The van der Waals surface area contributed by atoms with Gasteiger partial charge >= 0.3 is 5.97 Å². The van der Waals surface area contributed by atoms with E-state index in [4.69, 9.17) is 5.73 Å². The Bertz CT molecular complexity index is 428. The molecule has 0 spiro atoms. The Morgan fingerprint density at radius 2 is 2.13 bits per heavy atom. The fourth-order valence-electron chi connectivity index (χ4n) is 1.20.